The Bertz CT molecular complexity index is 1040. The summed E-state index contributed by atoms with van der Waals surface area (Å²) in [5, 5.41) is 8.04. The number of nitrogens with one attached hydrogen (secondary N) is 2. The number of rotatable bonds is 18. The Kier molecular flexibility index (Phi) is 15.9. The fourth-order valence-corrected chi connectivity index (χ4v) is 5.41. The second kappa shape index (κ2) is 19.4. The van der Waals surface area contributed by atoms with E-state index in [0.29, 0.717) is 83.6 Å². The third-order valence-corrected chi connectivity index (χ3v) is 7.87. The van der Waals surface area contributed by atoms with Crippen molar-refractivity contribution in [2.75, 3.05) is 65.6 Å². The van der Waals surface area contributed by atoms with Gasteiger partial charge in [0.15, 0.2) is 0 Å². The summed E-state index contributed by atoms with van der Waals surface area (Å²) in [4.78, 5) is 29.1. The summed E-state index contributed by atoms with van der Waals surface area (Å²) in [5.74, 6) is 1.22. The van der Waals surface area contributed by atoms with Crippen LogP contribution in [0.4, 0.5) is 0 Å². The maximum Gasteiger partial charge on any atom is 0.220 e. The number of ether oxygens (including phenoxy) is 2. The van der Waals surface area contributed by atoms with E-state index in [1.54, 1.807) is 36.4 Å². The van der Waals surface area contributed by atoms with Crippen molar-refractivity contribution in [3.05, 3.63) is 56.5 Å². The van der Waals surface area contributed by atoms with Crippen LogP contribution >= 0.6 is 46.4 Å². The van der Waals surface area contributed by atoms with E-state index in [2.05, 4.69) is 20.4 Å². The van der Waals surface area contributed by atoms with Gasteiger partial charge in [0.2, 0.25) is 11.8 Å². The average Bonchev–Trinajstić information content (AvgIpc) is 2.96. The smallest absolute Gasteiger partial charge is 0.220 e. The van der Waals surface area contributed by atoms with E-state index >= 15 is 0 Å². The second-order valence-electron chi connectivity index (χ2n) is 10.1. The predicted molar refractivity (Wildman–Crippen MR) is 171 cm³/mol. The molecule has 12 heteroatoms. The molecule has 1 aliphatic rings. The lowest BCUT2D eigenvalue weighted by Crippen LogP contribution is -2.47. The molecule has 0 radical (unpaired) electrons. The summed E-state index contributed by atoms with van der Waals surface area (Å²) in [7, 11) is 0. The molecule has 2 N–H and O–H groups in total. The molecule has 2 aromatic carbocycles. The normalized spacial score (nSPS) is 14.0. The van der Waals surface area contributed by atoms with Gasteiger partial charge in [-0.3, -0.25) is 9.59 Å². The molecule has 232 valence electrons. The van der Waals surface area contributed by atoms with Gasteiger partial charge in [-0.1, -0.05) is 46.4 Å². The molecule has 3 rings (SSSR count). The molecule has 1 fully saturated rings. The summed E-state index contributed by atoms with van der Waals surface area (Å²) in [6, 6.07) is 10.2. The molecule has 0 aliphatic carbocycles. The zero-order chi connectivity index (χ0) is 30.2. The Balaban J connectivity index is 1.12. The van der Waals surface area contributed by atoms with E-state index < -0.39 is 0 Å². The summed E-state index contributed by atoms with van der Waals surface area (Å²) in [5.41, 5.74) is 0. The molecule has 0 saturated carbocycles. The Labute approximate surface area is 268 Å². The van der Waals surface area contributed by atoms with Gasteiger partial charge in [0.05, 0.1) is 23.3 Å². The van der Waals surface area contributed by atoms with Gasteiger partial charge in [-0.05, 0) is 75.2 Å². The molecule has 2 aromatic rings. The van der Waals surface area contributed by atoms with Gasteiger partial charge < -0.3 is 29.9 Å². The monoisotopic (exact) mass is 660 g/mol. The topological polar surface area (TPSA) is 83.1 Å². The first-order valence-corrected chi connectivity index (χ1v) is 15.9. The van der Waals surface area contributed by atoms with Crippen LogP contribution in [-0.2, 0) is 9.59 Å². The van der Waals surface area contributed by atoms with Crippen molar-refractivity contribution in [1.29, 1.82) is 0 Å². The molecule has 8 nitrogen and oxygen atoms in total. The first kappa shape index (κ1) is 34.5. The van der Waals surface area contributed by atoms with Crippen LogP contribution in [0.15, 0.2) is 36.4 Å². The van der Waals surface area contributed by atoms with Crippen LogP contribution in [0.2, 0.25) is 20.1 Å². The Hall–Kier alpha value is -1.94. The lowest BCUT2D eigenvalue weighted by atomic mass is 10.2. The standard InChI is InChI=1S/C30H40Cl4N4O4/c31-23-7-9-27(25(33)21-23)41-19-1-5-29(39)35-11-3-13-37-15-17-38(18-16-37)14-4-12-36-30(40)6-2-20-42-28-10-8-24(32)22-26(28)34/h7-10,21-22H,1-6,11-20H2,(H,35,39)(H,36,40). The van der Waals surface area contributed by atoms with Gasteiger partial charge in [-0.15, -0.1) is 0 Å². The quantitative estimate of drug-likeness (QED) is 0.192. The molecular formula is C30H40Cl4N4O4. The van der Waals surface area contributed by atoms with Gasteiger partial charge in [0.1, 0.15) is 11.5 Å². The minimum Gasteiger partial charge on any atom is -0.492 e. The highest BCUT2D eigenvalue weighted by atomic mass is 35.5. The number of hydrogen-bond donors (Lipinski definition) is 2. The molecule has 0 aromatic heterocycles. The molecule has 1 heterocycles. The first-order valence-electron chi connectivity index (χ1n) is 14.4. The minimum atomic E-state index is 0.0360. The highest BCUT2D eigenvalue weighted by Crippen LogP contribution is 2.28. The van der Waals surface area contributed by atoms with E-state index in [1.165, 1.54) is 0 Å². The average molecular weight is 662 g/mol. The van der Waals surface area contributed by atoms with Gasteiger partial charge in [-0.25, -0.2) is 0 Å². The highest BCUT2D eigenvalue weighted by molar-refractivity contribution is 6.36. The maximum atomic E-state index is 12.1. The number of halogens is 4. The molecule has 42 heavy (non-hydrogen) atoms. The van der Waals surface area contributed by atoms with Gasteiger partial charge >= 0.3 is 0 Å². The molecule has 0 unspecified atom stereocenters. The van der Waals surface area contributed by atoms with Crippen LogP contribution in [0.3, 0.4) is 0 Å². The number of nitrogens with zero attached hydrogens (tertiary/aromatic N) is 2. The largest absolute Gasteiger partial charge is 0.492 e. The van der Waals surface area contributed by atoms with Crippen LogP contribution in [0, 0.1) is 0 Å². The number of hydrogen-bond acceptors (Lipinski definition) is 6. The van der Waals surface area contributed by atoms with Gasteiger partial charge in [0, 0.05) is 62.2 Å². The fourth-order valence-electron chi connectivity index (χ4n) is 4.49. The molecule has 0 spiro atoms. The van der Waals surface area contributed by atoms with Gasteiger partial charge in [0.25, 0.3) is 0 Å². The van der Waals surface area contributed by atoms with Crippen molar-refractivity contribution >= 4 is 58.2 Å². The van der Waals surface area contributed by atoms with Crippen LogP contribution in [0.5, 0.6) is 11.5 Å². The number of benzene rings is 2. The summed E-state index contributed by atoms with van der Waals surface area (Å²) >= 11 is 23.9. The molecule has 1 saturated heterocycles. The van der Waals surface area contributed by atoms with Crippen molar-refractivity contribution in [2.45, 2.75) is 38.5 Å². The van der Waals surface area contributed by atoms with Crippen LogP contribution in [-0.4, -0.2) is 87.2 Å². The zero-order valence-corrected chi connectivity index (χ0v) is 26.8. The lowest BCUT2D eigenvalue weighted by molar-refractivity contribution is -0.122. The number of amides is 2. The van der Waals surface area contributed by atoms with Gasteiger partial charge in [-0.2, -0.15) is 0 Å². The lowest BCUT2D eigenvalue weighted by Gasteiger charge is -2.34. The van der Waals surface area contributed by atoms with Crippen molar-refractivity contribution in [3.63, 3.8) is 0 Å². The zero-order valence-electron chi connectivity index (χ0n) is 23.8. The van der Waals surface area contributed by atoms with Crippen molar-refractivity contribution < 1.29 is 19.1 Å². The van der Waals surface area contributed by atoms with Crippen LogP contribution in [0.25, 0.3) is 0 Å². The summed E-state index contributed by atoms with van der Waals surface area (Å²) in [6.45, 7) is 8.18. The van der Waals surface area contributed by atoms with Crippen LogP contribution in [0.1, 0.15) is 38.5 Å². The first-order chi connectivity index (χ1) is 20.3. The minimum absolute atomic E-state index is 0.0360. The molecule has 1 aliphatic heterocycles. The van der Waals surface area contributed by atoms with Crippen molar-refractivity contribution in [2.24, 2.45) is 0 Å². The Morgan fingerprint density at radius 2 is 1.05 bits per heavy atom. The van der Waals surface area contributed by atoms with E-state index in [0.717, 1.165) is 52.1 Å². The molecule has 2 amide bonds. The highest BCUT2D eigenvalue weighted by Gasteiger charge is 2.16. The fraction of sp³-hybridized carbons (Fsp3) is 0.533. The van der Waals surface area contributed by atoms with Crippen LogP contribution < -0.4 is 20.1 Å². The summed E-state index contributed by atoms with van der Waals surface area (Å²) < 4.78 is 11.2. The SMILES string of the molecule is O=C(CCCOc1ccc(Cl)cc1Cl)NCCCN1CCN(CCCNC(=O)CCCOc2ccc(Cl)cc2Cl)CC1. The van der Waals surface area contributed by atoms with E-state index in [9.17, 15) is 9.59 Å². The number of carbonyl (C=O) groups is 2. The Morgan fingerprint density at radius 3 is 1.43 bits per heavy atom. The Morgan fingerprint density at radius 1 is 0.643 bits per heavy atom. The van der Waals surface area contributed by atoms with Crippen molar-refractivity contribution in [1.82, 2.24) is 20.4 Å². The predicted octanol–water partition coefficient (Wildman–Crippen LogP) is 5.95. The summed E-state index contributed by atoms with van der Waals surface area (Å²) in [6.07, 6.45) is 3.91. The molecule has 0 atom stereocenters. The molecule has 0 bridgehead atoms. The van der Waals surface area contributed by atoms with E-state index in [1.807, 2.05) is 0 Å². The van der Waals surface area contributed by atoms with E-state index in [4.69, 9.17) is 55.9 Å². The molecular weight excluding hydrogens is 622 g/mol. The van der Waals surface area contributed by atoms with E-state index in [-0.39, 0.29) is 11.8 Å². The maximum absolute atomic E-state index is 12.1. The third kappa shape index (κ3) is 13.6. The third-order valence-electron chi connectivity index (χ3n) is 6.81. The number of piperazine rings is 1. The number of carbonyl (C=O) groups excluding carboxylic acids is 2. The second-order valence-corrected chi connectivity index (χ2v) is 11.8. The van der Waals surface area contributed by atoms with Crippen molar-refractivity contribution in [3.8, 4) is 11.5 Å².